The van der Waals surface area contributed by atoms with Crippen LogP contribution in [0.4, 0.5) is 0 Å². The molecule has 0 aromatic carbocycles. The molecule has 2 aliphatic rings. The summed E-state index contributed by atoms with van der Waals surface area (Å²) in [4.78, 5) is 10.6. The van der Waals surface area contributed by atoms with Crippen LogP contribution in [0.5, 0.6) is 0 Å². The molecule has 0 amide bonds. The first kappa shape index (κ1) is 8.05. The van der Waals surface area contributed by atoms with Gasteiger partial charge >= 0.3 is 5.97 Å². The molecule has 0 radical (unpaired) electrons. The predicted octanol–water partition coefficient (Wildman–Crippen LogP) is 1.56. The molecule has 3 nitrogen and oxygen atoms in total. The van der Waals surface area contributed by atoms with Crippen LogP contribution in [0.2, 0.25) is 0 Å². The largest absolute Gasteiger partial charge is 0.479 e. The molecule has 1 saturated carbocycles. The van der Waals surface area contributed by atoms with Crippen molar-refractivity contribution in [1.29, 1.82) is 0 Å². The molecule has 1 saturated heterocycles. The molecule has 68 valence electrons. The molecule has 0 bridgehead atoms. The van der Waals surface area contributed by atoms with Crippen molar-refractivity contribution in [2.75, 3.05) is 0 Å². The van der Waals surface area contributed by atoms with Crippen molar-refractivity contribution in [1.82, 2.24) is 0 Å². The van der Waals surface area contributed by atoms with Gasteiger partial charge in [0.05, 0.1) is 5.60 Å². The van der Waals surface area contributed by atoms with E-state index in [0.717, 1.165) is 19.3 Å². The van der Waals surface area contributed by atoms with Crippen LogP contribution >= 0.6 is 0 Å². The summed E-state index contributed by atoms with van der Waals surface area (Å²) in [6, 6.07) is 0. The minimum absolute atomic E-state index is 0.0386. The molecule has 1 aliphatic carbocycles. The van der Waals surface area contributed by atoms with Crippen molar-refractivity contribution in [2.45, 2.75) is 50.2 Å². The topological polar surface area (TPSA) is 46.5 Å². The number of hydrogen-bond donors (Lipinski definition) is 1. The summed E-state index contributed by atoms with van der Waals surface area (Å²) in [5, 5.41) is 8.73. The van der Waals surface area contributed by atoms with Crippen molar-refractivity contribution in [3.63, 3.8) is 0 Å². The molecule has 2 rings (SSSR count). The van der Waals surface area contributed by atoms with Gasteiger partial charge in [0.15, 0.2) is 6.10 Å². The summed E-state index contributed by atoms with van der Waals surface area (Å²) < 4.78 is 5.57. The Morgan fingerprint density at radius 2 is 2.00 bits per heavy atom. The lowest BCUT2D eigenvalue weighted by Crippen LogP contribution is -2.28. The Hall–Kier alpha value is -0.570. The zero-order chi connectivity index (χ0) is 8.60. The molecule has 1 spiro atoms. The zero-order valence-electron chi connectivity index (χ0n) is 7.08. The number of rotatable bonds is 1. The summed E-state index contributed by atoms with van der Waals surface area (Å²) in [7, 11) is 0. The van der Waals surface area contributed by atoms with Gasteiger partial charge in [-0.1, -0.05) is 12.8 Å². The lowest BCUT2D eigenvalue weighted by molar-refractivity contribution is -0.154. The highest BCUT2D eigenvalue weighted by Crippen LogP contribution is 2.43. The average molecular weight is 170 g/mol. The van der Waals surface area contributed by atoms with Gasteiger partial charge in [0.1, 0.15) is 0 Å². The minimum Gasteiger partial charge on any atom is -0.479 e. The number of ether oxygens (including phenoxy) is 1. The SMILES string of the molecule is O=C(O)C1CCC2(CCCC2)O1. The van der Waals surface area contributed by atoms with E-state index in [2.05, 4.69) is 0 Å². The molecule has 0 aromatic heterocycles. The van der Waals surface area contributed by atoms with Gasteiger partial charge in [-0.15, -0.1) is 0 Å². The van der Waals surface area contributed by atoms with E-state index in [-0.39, 0.29) is 5.60 Å². The highest BCUT2D eigenvalue weighted by molar-refractivity contribution is 5.72. The number of aliphatic carboxylic acids is 1. The van der Waals surface area contributed by atoms with Crippen LogP contribution in [-0.2, 0) is 9.53 Å². The van der Waals surface area contributed by atoms with Gasteiger partial charge in [0.2, 0.25) is 0 Å². The monoisotopic (exact) mass is 170 g/mol. The molecule has 3 heteroatoms. The van der Waals surface area contributed by atoms with Crippen LogP contribution < -0.4 is 0 Å². The Balaban J connectivity index is 2.01. The van der Waals surface area contributed by atoms with E-state index >= 15 is 0 Å². The van der Waals surface area contributed by atoms with Gasteiger partial charge < -0.3 is 9.84 Å². The number of hydrogen-bond acceptors (Lipinski definition) is 2. The van der Waals surface area contributed by atoms with E-state index in [1.54, 1.807) is 0 Å². The van der Waals surface area contributed by atoms with E-state index in [1.165, 1.54) is 12.8 Å². The number of carboxylic acid groups (broad SMARTS) is 1. The quantitative estimate of drug-likeness (QED) is 0.649. The molecule has 1 N–H and O–H groups in total. The second-order valence-electron chi connectivity index (χ2n) is 3.87. The van der Waals surface area contributed by atoms with Gasteiger partial charge in [-0.05, 0) is 25.7 Å². The molecule has 1 aliphatic heterocycles. The minimum atomic E-state index is -0.793. The Kier molecular flexibility index (Phi) is 1.83. The maximum Gasteiger partial charge on any atom is 0.332 e. The van der Waals surface area contributed by atoms with Crippen molar-refractivity contribution < 1.29 is 14.6 Å². The van der Waals surface area contributed by atoms with Gasteiger partial charge in [-0.25, -0.2) is 4.79 Å². The highest BCUT2D eigenvalue weighted by Gasteiger charge is 2.44. The van der Waals surface area contributed by atoms with Crippen LogP contribution in [0.3, 0.4) is 0 Å². The average Bonchev–Trinajstić information content (AvgIpc) is 2.62. The normalized spacial score (nSPS) is 32.8. The molecule has 1 atom stereocenters. The van der Waals surface area contributed by atoms with Crippen molar-refractivity contribution in [3.05, 3.63) is 0 Å². The molecular formula is C9H14O3. The second-order valence-corrected chi connectivity index (χ2v) is 3.87. The van der Waals surface area contributed by atoms with Crippen molar-refractivity contribution >= 4 is 5.97 Å². The zero-order valence-corrected chi connectivity index (χ0v) is 7.08. The summed E-state index contributed by atoms with van der Waals surface area (Å²) in [5.41, 5.74) is -0.0386. The predicted molar refractivity (Wildman–Crippen MR) is 42.9 cm³/mol. The van der Waals surface area contributed by atoms with E-state index in [4.69, 9.17) is 9.84 Å². The smallest absolute Gasteiger partial charge is 0.332 e. The Bertz CT molecular complexity index is 194. The maximum atomic E-state index is 10.6. The van der Waals surface area contributed by atoms with Crippen LogP contribution in [0.15, 0.2) is 0 Å². The molecular weight excluding hydrogens is 156 g/mol. The first-order chi connectivity index (χ1) is 5.72. The Morgan fingerprint density at radius 3 is 2.50 bits per heavy atom. The summed E-state index contributed by atoms with van der Waals surface area (Å²) >= 11 is 0. The molecule has 1 heterocycles. The third-order valence-electron chi connectivity index (χ3n) is 3.04. The fraction of sp³-hybridized carbons (Fsp3) is 0.889. The third kappa shape index (κ3) is 1.22. The number of carbonyl (C=O) groups is 1. The Morgan fingerprint density at radius 1 is 1.33 bits per heavy atom. The van der Waals surface area contributed by atoms with Crippen LogP contribution in [0.1, 0.15) is 38.5 Å². The van der Waals surface area contributed by atoms with Gasteiger partial charge in [-0.3, -0.25) is 0 Å². The number of carboxylic acids is 1. The standard InChI is InChI=1S/C9H14O3/c10-8(11)7-3-6-9(12-7)4-1-2-5-9/h7H,1-6H2,(H,10,11). The van der Waals surface area contributed by atoms with Gasteiger partial charge in [0, 0.05) is 0 Å². The fourth-order valence-corrected chi connectivity index (χ4v) is 2.37. The molecule has 12 heavy (non-hydrogen) atoms. The highest BCUT2D eigenvalue weighted by atomic mass is 16.5. The van der Waals surface area contributed by atoms with Gasteiger partial charge in [-0.2, -0.15) is 0 Å². The van der Waals surface area contributed by atoms with Crippen LogP contribution in [-0.4, -0.2) is 22.8 Å². The second kappa shape index (κ2) is 2.73. The first-order valence-corrected chi connectivity index (χ1v) is 4.63. The lowest BCUT2D eigenvalue weighted by atomic mass is 9.98. The van der Waals surface area contributed by atoms with Crippen molar-refractivity contribution in [2.24, 2.45) is 0 Å². The van der Waals surface area contributed by atoms with Crippen molar-refractivity contribution in [3.8, 4) is 0 Å². The molecule has 0 aromatic rings. The third-order valence-corrected chi connectivity index (χ3v) is 3.04. The van der Waals surface area contributed by atoms with Gasteiger partial charge in [0.25, 0.3) is 0 Å². The molecule has 1 unspecified atom stereocenters. The summed E-state index contributed by atoms with van der Waals surface area (Å²) in [6.07, 6.45) is 5.66. The summed E-state index contributed by atoms with van der Waals surface area (Å²) in [5.74, 6) is -0.793. The van der Waals surface area contributed by atoms with E-state index in [9.17, 15) is 4.79 Å². The van der Waals surface area contributed by atoms with E-state index in [0.29, 0.717) is 6.42 Å². The summed E-state index contributed by atoms with van der Waals surface area (Å²) in [6.45, 7) is 0. The van der Waals surface area contributed by atoms with Crippen LogP contribution in [0, 0.1) is 0 Å². The maximum absolute atomic E-state index is 10.6. The molecule has 2 fully saturated rings. The van der Waals surface area contributed by atoms with E-state index in [1.807, 2.05) is 0 Å². The Labute approximate surface area is 71.7 Å². The first-order valence-electron chi connectivity index (χ1n) is 4.63. The fourth-order valence-electron chi connectivity index (χ4n) is 2.37. The van der Waals surface area contributed by atoms with E-state index < -0.39 is 12.1 Å². The lowest BCUT2D eigenvalue weighted by Gasteiger charge is -2.22. The van der Waals surface area contributed by atoms with Crippen LogP contribution in [0.25, 0.3) is 0 Å².